The number of benzene rings is 1. The predicted octanol–water partition coefficient (Wildman–Crippen LogP) is 1.55. The number of carbonyl (C=O) groups is 2. The van der Waals surface area contributed by atoms with Gasteiger partial charge in [-0.3, -0.25) is 18.9 Å². The molecule has 1 amide bonds. The van der Waals surface area contributed by atoms with E-state index in [1.54, 1.807) is 0 Å². The molecule has 0 saturated carbocycles. The van der Waals surface area contributed by atoms with Gasteiger partial charge in [0.1, 0.15) is 22.9 Å². The Balaban J connectivity index is 1.88. The molecule has 13 heteroatoms. The lowest BCUT2D eigenvalue weighted by atomic mass is 9.77. The molecule has 0 fully saturated rings. The van der Waals surface area contributed by atoms with Crippen molar-refractivity contribution < 1.29 is 42.6 Å². The van der Waals surface area contributed by atoms with E-state index in [1.807, 2.05) is 0 Å². The first-order valence-electron chi connectivity index (χ1n) is 10.1. The van der Waals surface area contributed by atoms with Gasteiger partial charge in [-0.15, -0.1) is 0 Å². The van der Waals surface area contributed by atoms with E-state index in [2.05, 4.69) is 5.32 Å². The summed E-state index contributed by atoms with van der Waals surface area (Å²) in [5.41, 5.74) is -3.24. The van der Waals surface area contributed by atoms with Gasteiger partial charge in [0.15, 0.2) is 11.5 Å². The van der Waals surface area contributed by atoms with Crippen molar-refractivity contribution in [1.82, 2.24) is 9.88 Å². The molecule has 0 aliphatic carbocycles. The maximum absolute atomic E-state index is 13.8. The number of aromatic nitrogens is 1. The van der Waals surface area contributed by atoms with E-state index in [0.717, 1.165) is 18.3 Å². The summed E-state index contributed by atoms with van der Waals surface area (Å²) < 4.78 is 44.6. The molecule has 3 rings (SSSR count). The predicted molar refractivity (Wildman–Crippen MR) is 115 cm³/mol. The van der Waals surface area contributed by atoms with Crippen LogP contribution in [0.5, 0.6) is 5.75 Å². The normalized spacial score (nSPS) is 17.4. The summed E-state index contributed by atoms with van der Waals surface area (Å²) in [7, 11) is -4.33. The van der Waals surface area contributed by atoms with Crippen LogP contribution in [0.3, 0.4) is 0 Å². The van der Waals surface area contributed by atoms with Crippen LogP contribution in [0.4, 0.5) is 8.78 Å². The maximum atomic E-state index is 13.8. The first-order valence-corrected chi connectivity index (χ1v) is 11.9. The van der Waals surface area contributed by atoms with E-state index in [1.165, 1.54) is 18.4 Å². The van der Waals surface area contributed by atoms with E-state index < -0.39 is 65.3 Å². The molecule has 0 radical (unpaired) electrons. The zero-order chi connectivity index (χ0) is 25.4. The molecule has 0 bridgehead atoms. The van der Waals surface area contributed by atoms with Gasteiger partial charge in [-0.05, 0) is 19.9 Å². The monoisotopic (exact) mass is 500 g/mol. The first kappa shape index (κ1) is 25.7. The van der Waals surface area contributed by atoms with Crippen LogP contribution >= 0.6 is 7.60 Å². The molecule has 1 aromatic heterocycles. The molecule has 10 nitrogen and oxygen atoms in total. The molecular formula is C21H23F2N2O8P. The molecule has 2 aromatic rings. The van der Waals surface area contributed by atoms with E-state index in [-0.39, 0.29) is 31.0 Å². The number of fused-ring (bicyclic) bond motifs is 1. The number of hydrogen-bond donors (Lipinski definition) is 4. The van der Waals surface area contributed by atoms with Gasteiger partial charge in [0.05, 0.1) is 30.8 Å². The van der Waals surface area contributed by atoms with Gasteiger partial charge >= 0.3 is 7.60 Å². The Hall–Kier alpha value is -2.92. The van der Waals surface area contributed by atoms with Gasteiger partial charge in [-0.25, -0.2) is 8.78 Å². The summed E-state index contributed by atoms with van der Waals surface area (Å²) in [6.07, 6.45) is -0.394. The molecule has 4 N–H and O–H groups in total. The van der Waals surface area contributed by atoms with Crippen LogP contribution in [0.25, 0.3) is 0 Å². The first-order chi connectivity index (χ1) is 15.7. The molecular weight excluding hydrogens is 477 g/mol. The van der Waals surface area contributed by atoms with Crippen LogP contribution in [0.1, 0.15) is 40.3 Å². The van der Waals surface area contributed by atoms with Crippen LogP contribution in [0, 0.1) is 17.0 Å². The number of halogens is 2. The summed E-state index contributed by atoms with van der Waals surface area (Å²) in [5, 5.41) is 12.7. The molecule has 1 aliphatic heterocycles. The quantitative estimate of drug-likeness (QED) is 0.418. The largest absolute Gasteiger partial charge is 0.503 e. The van der Waals surface area contributed by atoms with Crippen molar-refractivity contribution in [3.05, 3.63) is 63.1 Å². The zero-order valence-electron chi connectivity index (χ0n) is 18.2. The molecule has 1 aliphatic rings. The second kappa shape index (κ2) is 9.38. The third-order valence-corrected chi connectivity index (χ3v) is 6.39. The van der Waals surface area contributed by atoms with E-state index in [0.29, 0.717) is 6.07 Å². The third kappa shape index (κ3) is 5.25. The molecule has 1 atom stereocenters. The third-order valence-electron chi connectivity index (χ3n) is 5.62. The van der Waals surface area contributed by atoms with Crippen molar-refractivity contribution in [2.45, 2.75) is 33.0 Å². The van der Waals surface area contributed by atoms with E-state index in [4.69, 9.17) is 14.5 Å². The smallest absolute Gasteiger partial charge is 0.327 e. The van der Waals surface area contributed by atoms with Crippen molar-refractivity contribution in [2.75, 3.05) is 12.8 Å². The number of ether oxygens (including phenoxy) is 1. The number of Topliss-reactive ketones (excluding diaryl/α,β-unsaturated/α-hetero) is 1. The fourth-order valence-electron chi connectivity index (χ4n) is 3.56. The van der Waals surface area contributed by atoms with Gasteiger partial charge < -0.3 is 29.5 Å². The molecule has 1 unspecified atom stereocenters. The number of carbonyl (C=O) groups excluding carboxylic acids is 2. The Morgan fingerprint density at radius 1 is 1.29 bits per heavy atom. The Morgan fingerprint density at radius 2 is 1.97 bits per heavy atom. The van der Waals surface area contributed by atoms with Crippen molar-refractivity contribution in [3.63, 3.8) is 0 Å². The number of pyridine rings is 1. The summed E-state index contributed by atoms with van der Waals surface area (Å²) >= 11 is 0. The minimum Gasteiger partial charge on any atom is -0.503 e. The van der Waals surface area contributed by atoms with Crippen molar-refractivity contribution in [3.8, 4) is 5.75 Å². The van der Waals surface area contributed by atoms with Crippen LogP contribution in [-0.4, -0.2) is 50.0 Å². The maximum Gasteiger partial charge on any atom is 0.327 e. The Labute approximate surface area is 192 Å². The summed E-state index contributed by atoms with van der Waals surface area (Å²) in [6.45, 7) is 2.19. The lowest BCUT2D eigenvalue weighted by molar-refractivity contribution is -0.0278. The Kier molecular flexibility index (Phi) is 7.09. The Bertz CT molecular complexity index is 1250. The van der Waals surface area contributed by atoms with Crippen LogP contribution < -0.4 is 10.7 Å². The zero-order valence-corrected chi connectivity index (χ0v) is 19.1. The number of rotatable bonds is 7. The number of hydrogen-bond acceptors (Lipinski definition) is 6. The van der Waals surface area contributed by atoms with Crippen molar-refractivity contribution in [1.29, 1.82) is 0 Å². The molecule has 34 heavy (non-hydrogen) atoms. The number of nitrogens with zero attached hydrogens (tertiary/aromatic N) is 1. The number of amides is 1. The SMILES string of the molecule is CC1(C)C(=O)c2c(O)c(=O)c(C(=O)NCc3ccc(F)cc3F)cn2CC1OCCP(=O)(O)O. The molecule has 184 valence electrons. The minimum atomic E-state index is -4.33. The van der Waals surface area contributed by atoms with Gasteiger partial charge in [-0.1, -0.05) is 6.07 Å². The lowest BCUT2D eigenvalue weighted by Gasteiger charge is -2.39. The fraction of sp³-hybridized carbons (Fsp3) is 0.381. The van der Waals surface area contributed by atoms with E-state index in [9.17, 15) is 32.8 Å². The van der Waals surface area contributed by atoms with Gasteiger partial charge in [0, 0.05) is 24.4 Å². The molecule has 2 heterocycles. The average molecular weight is 500 g/mol. The second-order valence-corrected chi connectivity index (χ2v) is 10.2. The summed E-state index contributed by atoms with van der Waals surface area (Å²) in [5.74, 6) is -4.25. The van der Waals surface area contributed by atoms with Crippen molar-refractivity contribution in [2.24, 2.45) is 5.41 Å². The van der Waals surface area contributed by atoms with Crippen LogP contribution in [-0.2, 0) is 22.4 Å². The van der Waals surface area contributed by atoms with Crippen LogP contribution in [0.2, 0.25) is 0 Å². The highest BCUT2D eigenvalue weighted by molar-refractivity contribution is 7.51. The fourth-order valence-corrected chi connectivity index (χ4v) is 3.91. The van der Waals surface area contributed by atoms with Gasteiger partial charge in [-0.2, -0.15) is 0 Å². The second-order valence-electron chi connectivity index (χ2n) is 8.44. The molecule has 1 aromatic carbocycles. The minimum absolute atomic E-state index is 0.0347. The topological polar surface area (TPSA) is 155 Å². The highest BCUT2D eigenvalue weighted by Gasteiger charge is 2.45. The van der Waals surface area contributed by atoms with Crippen molar-refractivity contribution >= 4 is 19.3 Å². The summed E-state index contributed by atoms with van der Waals surface area (Å²) in [4.78, 5) is 56.3. The molecule has 0 saturated heterocycles. The molecule has 0 spiro atoms. The average Bonchev–Trinajstić information content (AvgIpc) is 2.72. The highest BCUT2D eigenvalue weighted by Crippen LogP contribution is 2.38. The van der Waals surface area contributed by atoms with Gasteiger partial charge in [0.2, 0.25) is 5.43 Å². The van der Waals surface area contributed by atoms with Crippen LogP contribution in [0.15, 0.2) is 29.2 Å². The van der Waals surface area contributed by atoms with Gasteiger partial charge in [0.25, 0.3) is 5.91 Å². The Morgan fingerprint density at radius 3 is 2.59 bits per heavy atom. The summed E-state index contributed by atoms with van der Waals surface area (Å²) in [6, 6.07) is 2.77. The number of nitrogens with one attached hydrogen (secondary N) is 1. The standard InChI is InChI=1S/C21H23F2N2O8P/c1-21(2)15(33-5-6-34(30,31)32)10-25-9-13(17(26)18(27)16(25)19(21)28)20(29)24-8-11-3-4-12(22)7-14(11)23/h3-4,7,9,15,27H,5-6,8,10H2,1-2H3,(H,24,29)(H2,30,31,32). The highest BCUT2D eigenvalue weighted by atomic mass is 31.2. The van der Waals surface area contributed by atoms with E-state index >= 15 is 0 Å². The number of ketones is 1. The number of aromatic hydroxyl groups is 1. The lowest BCUT2D eigenvalue weighted by Crippen LogP contribution is -2.48.